The number of hydrogen-bond donors (Lipinski definition) is 0. The monoisotopic (exact) mass is 262 g/mol. The highest BCUT2D eigenvalue weighted by Gasteiger charge is 2.41. The van der Waals surface area contributed by atoms with E-state index in [-0.39, 0.29) is 17.1 Å². The summed E-state index contributed by atoms with van der Waals surface area (Å²) in [5.74, 6) is -3.16. The SMILES string of the molecule is COc1cc(C(C)=O)ccc1OC(=O)C(F)(F)F. The van der Waals surface area contributed by atoms with Crippen LogP contribution in [0.1, 0.15) is 17.3 Å². The van der Waals surface area contributed by atoms with E-state index < -0.39 is 17.9 Å². The van der Waals surface area contributed by atoms with Crippen molar-refractivity contribution in [1.82, 2.24) is 0 Å². The molecule has 98 valence electrons. The van der Waals surface area contributed by atoms with Gasteiger partial charge in [0.15, 0.2) is 17.3 Å². The first-order chi connectivity index (χ1) is 8.25. The first kappa shape index (κ1) is 14.0. The Kier molecular flexibility index (Phi) is 3.95. The van der Waals surface area contributed by atoms with Gasteiger partial charge in [-0.2, -0.15) is 13.2 Å². The standard InChI is InChI=1S/C11H9F3O4/c1-6(15)7-3-4-8(9(5-7)17-2)18-10(16)11(12,13)14/h3-5H,1-2H3. The molecule has 0 aliphatic heterocycles. The maximum Gasteiger partial charge on any atom is 0.491 e. The van der Waals surface area contributed by atoms with Gasteiger partial charge in [-0.1, -0.05) is 0 Å². The van der Waals surface area contributed by atoms with Crippen LogP contribution in [0.5, 0.6) is 11.5 Å². The normalized spacial score (nSPS) is 10.9. The molecule has 0 aliphatic rings. The van der Waals surface area contributed by atoms with Crippen molar-refractivity contribution >= 4 is 11.8 Å². The summed E-state index contributed by atoms with van der Waals surface area (Å²) in [6.07, 6.45) is -5.09. The van der Waals surface area contributed by atoms with Gasteiger partial charge in [0.2, 0.25) is 0 Å². The van der Waals surface area contributed by atoms with Crippen LogP contribution in [0.2, 0.25) is 0 Å². The van der Waals surface area contributed by atoms with E-state index in [1.165, 1.54) is 26.2 Å². The number of hydrogen-bond acceptors (Lipinski definition) is 4. The highest BCUT2D eigenvalue weighted by Crippen LogP contribution is 2.30. The van der Waals surface area contributed by atoms with Crippen LogP contribution in [0.25, 0.3) is 0 Å². The molecule has 0 spiro atoms. The van der Waals surface area contributed by atoms with Crippen molar-refractivity contribution in [2.45, 2.75) is 13.1 Å². The largest absolute Gasteiger partial charge is 0.493 e. The molecule has 0 aromatic heterocycles. The summed E-state index contributed by atoms with van der Waals surface area (Å²) in [6.45, 7) is 1.29. The van der Waals surface area contributed by atoms with E-state index in [2.05, 4.69) is 4.74 Å². The van der Waals surface area contributed by atoms with Crippen molar-refractivity contribution in [2.75, 3.05) is 7.11 Å². The number of ether oxygens (including phenoxy) is 2. The molecule has 0 aliphatic carbocycles. The van der Waals surface area contributed by atoms with Gasteiger partial charge >= 0.3 is 12.1 Å². The topological polar surface area (TPSA) is 52.6 Å². The third-order valence-corrected chi connectivity index (χ3v) is 2.00. The van der Waals surface area contributed by atoms with E-state index >= 15 is 0 Å². The van der Waals surface area contributed by atoms with Crippen LogP contribution in [0.15, 0.2) is 18.2 Å². The van der Waals surface area contributed by atoms with Gasteiger partial charge in [-0.15, -0.1) is 0 Å². The summed E-state index contributed by atoms with van der Waals surface area (Å²) < 4.78 is 44.9. The number of benzene rings is 1. The predicted octanol–water partition coefficient (Wildman–Crippen LogP) is 2.37. The lowest BCUT2D eigenvalue weighted by atomic mass is 10.1. The Labute approximate surface area is 100 Å². The quantitative estimate of drug-likeness (QED) is 0.476. The zero-order valence-electron chi connectivity index (χ0n) is 9.50. The molecule has 1 aromatic carbocycles. The van der Waals surface area contributed by atoms with Crippen LogP contribution in [0.3, 0.4) is 0 Å². The number of carbonyl (C=O) groups excluding carboxylic acids is 2. The fourth-order valence-electron chi connectivity index (χ4n) is 1.13. The Morgan fingerprint density at radius 1 is 1.17 bits per heavy atom. The van der Waals surface area contributed by atoms with Gasteiger partial charge in [-0.05, 0) is 25.1 Å². The Morgan fingerprint density at radius 3 is 2.22 bits per heavy atom. The van der Waals surface area contributed by atoms with E-state index in [4.69, 9.17) is 4.74 Å². The van der Waals surface area contributed by atoms with E-state index in [0.29, 0.717) is 0 Å². The second-order valence-electron chi connectivity index (χ2n) is 3.31. The second kappa shape index (κ2) is 5.07. The molecule has 0 unspecified atom stereocenters. The third-order valence-electron chi connectivity index (χ3n) is 2.00. The molecule has 18 heavy (non-hydrogen) atoms. The number of rotatable bonds is 3. The van der Waals surface area contributed by atoms with Gasteiger partial charge in [0.25, 0.3) is 0 Å². The molecule has 7 heteroatoms. The van der Waals surface area contributed by atoms with Crippen molar-refractivity contribution in [3.05, 3.63) is 23.8 Å². The summed E-state index contributed by atoms with van der Waals surface area (Å²) in [5, 5.41) is 0. The maximum absolute atomic E-state index is 12.0. The van der Waals surface area contributed by atoms with E-state index in [1.54, 1.807) is 0 Å². The molecule has 0 bridgehead atoms. The molecule has 1 aromatic rings. The average Bonchev–Trinajstić information content (AvgIpc) is 2.27. The number of carbonyl (C=O) groups is 2. The summed E-state index contributed by atoms with van der Waals surface area (Å²) in [5.41, 5.74) is 0.235. The van der Waals surface area contributed by atoms with Gasteiger partial charge in [-0.25, -0.2) is 4.79 Å². The van der Waals surface area contributed by atoms with Gasteiger partial charge in [-0.3, -0.25) is 4.79 Å². The molecule has 0 atom stereocenters. The van der Waals surface area contributed by atoms with Crippen LogP contribution in [-0.2, 0) is 4.79 Å². The van der Waals surface area contributed by atoms with Crippen molar-refractivity contribution in [3.8, 4) is 11.5 Å². The molecule has 0 saturated heterocycles. The zero-order valence-corrected chi connectivity index (χ0v) is 9.50. The highest BCUT2D eigenvalue weighted by atomic mass is 19.4. The fraction of sp³-hybridized carbons (Fsp3) is 0.273. The molecule has 0 saturated carbocycles. The molecule has 0 amide bonds. The minimum Gasteiger partial charge on any atom is -0.493 e. The van der Waals surface area contributed by atoms with Crippen LogP contribution >= 0.6 is 0 Å². The Hall–Kier alpha value is -2.05. The van der Waals surface area contributed by atoms with Crippen molar-refractivity contribution < 1.29 is 32.2 Å². The molecule has 1 rings (SSSR count). The van der Waals surface area contributed by atoms with Crippen LogP contribution in [0.4, 0.5) is 13.2 Å². The molecular formula is C11H9F3O4. The summed E-state index contributed by atoms with van der Waals surface area (Å²) in [7, 11) is 1.18. The lowest BCUT2D eigenvalue weighted by molar-refractivity contribution is -0.189. The fourth-order valence-corrected chi connectivity index (χ4v) is 1.13. The number of alkyl halides is 3. The number of ketones is 1. The van der Waals surface area contributed by atoms with Gasteiger partial charge in [0.05, 0.1) is 7.11 Å². The summed E-state index contributed by atoms with van der Waals surface area (Å²) in [4.78, 5) is 21.7. The smallest absolute Gasteiger partial charge is 0.491 e. The van der Waals surface area contributed by atoms with Gasteiger partial charge in [0, 0.05) is 5.56 Å². The molecule has 0 heterocycles. The Bertz CT molecular complexity index is 480. The van der Waals surface area contributed by atoms with Gasteiger partial charge in [0.1, 0.15) is 0 Å². The average molecular weight is 262 g/mol. The van der Waals surface area contributed by atoms with Gasteiger partial charge < -0.3 is 9.47 Å². The van der Waals surface area contributed by atoms with Crippen LogP contribution < -0.4 is 9.47 Å². The van der Waals surface area contributed by atoms with Crippen molar-refractivity contribution in [2.24, 2.45) is 0 Å². The first-order valence-corrected chi connectivity index (χ1v) is 4.73. The molecule has 0 N–H and O–H groups in total. The van der Waals surface area contributed by atoms with E-state index in [1.807, 2.05) is 0 Å². The first-order valence-electron chi connectivity index (χ1n) is 4.73. The van der Waals surface area contributed by atoms with Crippen molar-refractivity contribution in [1.29, 1.82) is 0 Å². The summed E-state index contributed by atoms with van der Waals surface area (Å²) in [6, 6.07) is 3.50. The lowest BCUT2D eigenvalue weighted by Gasteiger charge is -2.11. The van der Waals surface area contributed by atoms with E-state index in [0.717, 1.165) is 6.07 Å². The lowest BCUT2D eigenvalue weighted by Crippen LogP contribution is -2.28. The van der Waals surface area contributed by atoms with Crippen LogP contribution in [-0.4, -0.2) is 25.0 Å². The number of methoxy groups -OCH3 is 1. The minimum atomic E-state index is -5.09. The van der Waals surface area contributed by atoms with E-state index in [9.17, 15) is 22.8 Å². The number of esters is 1. The zero-order chi connectivity index (χ0) is 13.9. The molecule has 0 radical (unpaired) electrons. The molecule has 4 nitrogen and oxygen atoms in total. The van der Waals surface area contributed by atoms with Crippen molar-refractivity contribution in [3.63, 3.8) is 0 Å². The highest BCUT2D eigenvalue weighted by molar-refractivity contribution is 5.94. The Balaban J connectivity index is 3.04. The predicted molar refractivity (Wildman–Crippen MR) is 54.7 cm³/mol. The minimum absolute atomic E-state index is 0.125. The molecule has 0 fully saturated rings. The maximum atomic E-state index is 12.0. The molecular weight excluding hydrogens is 253 g/mol. The second-order valence-corrected chi connectivity index (χ2v) is 3.31. The number of Topliss-reactive ketones (excluding diaryl/α,β-unsaturated/α-hetero) is 1. The number of halogens is 3. The summed E-state index contributed by atoms with van der Waals surface area (Å²) >= 11 is 0. The van der Waals surface area contributed by atoms with Crippen LogP contribution in [0, 0.1) is 0 Å². The Morgan fingerprint density at radius 2 is 1.78 bits per heavy atom. The third kappa shape index (κ3) is 3.22.